The van der Waals surface area contributed by atoms with Crippen LogP contribution in [-0.4, -0.2) is 25.6 Å². The van der Waals surface area contributed by atoms with Crippen LogP contribution in [0.25, 0.3) is 0 Å². The van der Waals surface area contributed by atoms with Crippen LogP contribution in [0.15, 0.2) is 28.0 Å². The SMILES string of the molecule is C[C@H]1Sc2ccc(S(=O)(=O)NC3CCCCC3)cc2NC1=O. The number of fused-ring (bicyclic) bond motifs is 1. The van der Waals surface area contributed by atoms with E-state index < -0.39 is 10.0 Å². The van der Waals surface area contributed by atoms with Crippen molar-refractivity contribution in [1.82, 2.24) is 4.72 Å². The Morgan fingerprint density at radius 2 is 1.95 bits per heavy atom. The van der Waals surface area contributed by atoms with Crippen LogP contribution < -0.4 is 10.0 Å². The molecule has 1 aliphatic heterocycles. The van der Waals surface area contributed by atoms with Crippen molar-refractivity contribution >= 4 is 33.4 Å². The monoisotopic (exact) mass is 340 g/mol. The van der Waals surface area contributed by atoms with Crippen LogP contribution in [0.1, 0.15) is 39.0 Å². The van der Waals surface area contributed by atoms with Gasteiger partial charge >= 0.3 is 0 Å². The Labute approximate surface area is 135 Å². The number of rotatable bonds is 3. The molecule has 1 aromatic rings. The van der Waals surface area contributed by atoms with Gasteiger partial charge in [0, 0.05) is 10.9 Å². The number of benzene rings is 1. The molecule has 1 heterocycles. The zero-order valence-electron chi connectivity index (χ0n) is 12.5. The van der Waals surface area contributed by atoms with E-state index in [2.05, 4.69) is 10.0 Å². The summed E-state index contributed by atoms with van der Waals surface area (Å²) in [6.07, 6.45) is 5.12. The molecule has 0 spiro atoms. The molecule has 1 fully saturated rings. The Balaban J connectivity index is 1.82. The summed E-state index contributed by atoms with van der Waals surface area (Å²) < 4.78 is 27.8. The number of hydrogen-bond donors (Lipinski definition) is 2. The van der Waals surface area contributed by atoms with Crippen molar-refractivity contribution in [3.63, 3.8) is 0 Å². The predicted molar refractivity (Wildman–Crippen MR) is 87.6 cm³/mol. The van der Waals surface area contributed by atoms with E-state index in [-0.39, 0.29) is 22.1 Å². The predicted octanol–water partition coefficient (Wildman–Crippen LogP) is 2.73. The fourth-order valence-corrected chi connectivity index (χ4v) is 5.12. The average molecular weight is 340 g/mol. The molecule has 0 aromatic heterocycles. The van der Waals surface area contributed by atoms with Gasteiger partial charge in [0.25, 0.3) is 0 Å². The zero-order valence-corrected chi connectivity index (χ0v) is 14.1. The first-order chi connectivity index (χ1) is 10.5. The third kappa shape index (κ3) is 3.31. The molecule has 120 valence electrons. The van der Waals surface area contributed by atoms with Crippen LogP contribution in [0.3, 0.4) is 0 Å². The first kappa shape index (κ1) is 15.8. The van der Waals surface area contributed by atoms with Crippen LogP contribution in [0, 0.1) is 0 Å². The highest BCUT2D eigenvalue weighted by Crippen LogP contribution is 2.36. The van der Waals surface area contributed by atoms with Crippen LogP contribution in [0.4, 0.5) is 5.69 Å². The van der Waals surface area contributed by atoms with E-state index in [1.807, 2.05) is 6.92 Å². The molecule has 2 aliphatic rings. The van der Waals surface area contributed by atoms with E-state index in [1.165, 1.54) is 18.2 Å². The molecule has 3 rings (SSSR count). The second kappa shape index (κ2) is 6.22. The van der Waals surface area contributed by atoms with Gasteiger partial charge in [0.1, 0.15) is 0 Å². The molecule has 1 aromatic carbocycles. The highest BCUT2D eigenvalue weighted by molar-refractivity contribution is 8.01. The first-order valence-electron chi connectivity index (χ1n) is 7.59. The normalized spacial score (nSPS) is 23.0. The number of carbonyl (C=O) groups is 1. The lowest BCUT2D eigenvalue weighted by Gasteiger charge is -2.24. The summed E-state index contributed by atoms with van der Waals surface area (Å²) in [5.41, 5.74) is 0.583. The van der Waals surface area contributed by atoms with Crippen molar-refractivity contribution in [2.24, 2.45) is 0 Å². The highest BCUT2D eigenvalue weighted by Gasteiger charge is 2.26. The fraction of sp³-hybridized carbons (Fsp3) is 0.533. The molecule has 7 heteroatoms. The molecule has 0 radical (unpaired) electrons. The van der Waals surface area contributed by atoms with E-state index in [9.17, 15) is 13.2 Å². The fourth-order valence-electron chi connectivity index (χ4n) is 2.86. The topological polar surface area (TPSA) is 75.3 Å². The minimum Gasteiger partial charge on any atom is -0.324 e. The third-order valence-corrected chi connectivity index (χ3v) is 6.81. The minimum atomic E-state index is -3.53. The second-order valence-corrected chi connectivity index (χ2v) is 8.96. The van der Waals surface area contributed by atoms with Gasteiger partial charge in [-0.1, -0.05) is 19.3 Å². The number of amides is 1. The lowest BCUT2D eigenvalue weighted by Crippen LogP contribution is -2.36. The molecular formula is C15H20N2O3S2. The van der Waals surface area contributed by atoms with Gasteiger partial charge in [0.05, 0.1) is 15.8 Å². The Morgan fingerprint density at radius 1 is 1.23 bits per heavy atom. The quantitative estimate of drug-likeness (QED) is 0.887. The van der Waals surface area contributed by atoms with E-state index in [0.717, 1.165) is 30.6 Å². The Bertz CT molecular complexity index is 682. The largest absolute Gasteiger partial charge is 0.324 e. The number of nitrogens with one attached hydrogen (secondary N) is 2. The molecule has 0 saturated heterocycles. The van der Waals surface area contributed by atoms with Crippen molar-refractivity contribution in [1.29, 1.82) is 0 Å². The maximum atomic E-state index is 12.5. The molecule has 1 amide bonds. The van der Waals surface area contributed by atoms with Crippen LogP contribution in [0.5, 0.6) is 0 Å². The van der Waals surface area contributed by atoms with Gasteiger partial charge in [0.15, 0.2) is 0 Å². The molecule has 0 unspecified atom stereocenters. The van der Waals surface area contributed by atoms with Gasteiger partial charge in [-0.15, -0.1) is 11.8 Å². The molecule has 2 N–H and O–H groups in total. The van der Waals surface area contributed by atoms with Crippen molar-refractivity contribution in [2.45, 2.75) is 60.1 Å². The van der Waals surface area contributed by atoms with Gasteiger partial charge in [-0.2, -0.15) is 0 Å². The van der Waals surface area contributed by atoms with Crippen LogP contribution in [-0.2, 0) is 14.8 Å². The second-order valence-electron chi connectivity index (χ2n) is 5.86. The maximum absolute atomic E-state index is 12.5. The maximum Gasteiger partial charge on any atom is 0.240 e. The van der Waals surface area contributed by atoms with Gasteiger partial charge in [0.2, 0.25) is 15.9 Å². The molecule has 1 aliphatic carbocycles. The average Bonchev–Trinajstić information content (AvgIpc) is 2.48. The first-order valence-corrected chi connectivity index (χ1v) is 9.96. The summed E-state index contributed by atoms with van der Waals surface area (Å²) in [5, 5.41) is 2.62. The summed E-state index contributed by atoms with van der Waals surface area (Å²) in [6, 6.07) is 4.96. The number of sulfonamides is 1. The number of thioether (sulfide) groups is 1. The Kier molecular flexibility index (Phi) is 4.47. The van der Waals surface area contributed by atoms with Gasteiger partial charge in [-0.25, -0.2) is 13.1 Å². The lowest BCUT2D eigenvalue weighted by molar-refractivity contribution is -0.115. The smallest absolute Gasteiger partial charge is 0.240 e. The molecular weight excluding hydrogens is 320 g/mol. The van der Waals surface area contributed by atoms with E-state index in [0.29, 0.717) is 5.69 Å². The van der Waals surface area contributed by atoms with Crippen molar-refractivity contribution in [2.75, 3.05) is 5.32 Å². The van der Waals surface area contributed by atoms with Gasteiger partial charge in [-0.3, -0.25) is 4.79 Å². The van der Waals surface area contributed by atoms with Crippen molar-refractivity contribution in [3.05, 3.63) is 18.2 Å². The lowest BCUT2D eigenvalue weighted by atomic mass is 9.96. The van der Waals surface area contributed by atoms with Gasteiger partial charge < -0.3 is 5.32 Å². The van der Waals surface area contributed by atoms with E-state index in [4.69, 9.17) is 0 Å². The zero-order chi connectivity index (χ0) is 15.7. The van der Waals surface area contributed by atoms with E-state index in [1.54, 1.807) is 18.2 Å². The summed E-state index contributed by atoms with van der Waals surface area (Å²) in [6.45, 7) is 1.83. The van der Waals surface area contributed by atoms with E-state index >= 15 is 0 Å². The van der Waals surface area contributed by atoms with Crippen LogP contribution >= 0.6 is 11.8 Å². The Morgan fingerprint density at radius 3 is 2.68 bits per heavy atom. The van der Waals surface area contributed by atoms with Crippen LogP contribution in [0.2, 0.25) is 0 Å². The summed E-state index contributed by atoms with van der Waals surface area (Å²) >= 11 is 1.45. The highest BCUT2D eigenvalue weighted by atomic mass is 32.2. The van der Waals surface area contributed by atoms with Crippen molar-refractivity contribution < 1.29 is 13.2 Å². The number of anilines is 1. The summed E-state index contributed by atoms with van der Waals surface area (Å²) in [5.74, 6) is -0.0905. The standard InChI is InChI=1S/C15H20N2O3S2/c1-10-15(18)16-13-9-12(7-8-14(13)21-10)22(19,20)17-11-5-3-2-4-6-11/h7-11,17H,2-6H2,1H3,(H,16,18)/t10-/m1/s1. The molecule has 22 heavy (non-hydrogen) atoms. The van der Waals surface area contributed by atoms with Crippen molar-refractivity contribution in [3.8, 4) is 0 Å². The molecule has 1 saturated carbocycles. The summed E-state index contributed by atoms with van der Waals surface area (Å²) in [4.78, 5) is 12.9. The van der Waals surface area contributed by atoms with Gasteiger partial charge in [-0.05, 0) is 38.0 Å². The number of carbonyl (C=O) groups excluding carboxylic acids is 1. The summed E-state index contributed by atoms with van der Waals surface area (Å²) in [7, 11) is -3.53. The Hall–Kier alpha value is -1.05. The minimum absolute atomic E-state index is 0.0266. The third-order valence-electron chi connectivity index (χ3n) is 4.12. The number of hydrogen-bond acceptors (Lipinski definition) is 4. The molecule has 5 nitrogen and oxygen atoms in total. The molecule has 0 bridgehead atoms. The molecule has 1 atom stereocenters.